The Morgan fingerprint density at radius 1 is 1.57 bits per heavy atom. The van der Waals surface area contributed by atoms with Crippen LogP contribution < -0.4 is 11.5 Å². The van der Waals surface area contributed by atoms with Crippen LogP contribution in [0.25, 0.3) is 11.1 Å². The molecule has 0 saturated carbocycles. The van der Waals surface area contributed by atoms with Crippen LogP contribution in [0.3, 0.4) is 0 Å². The molecular weight excluding hydrogens is 184 g/mol. The van der Waals surface area contributed by atoms with Gasteiger partial charge < -0.3 is 14.9 Å². The number of fused-ring (bicyclic) bond motifs is 1. The van der Waals surface area contributed by atoms with Gasteiger partial charge in [-0.05, 0) is 18.2 Å². The molecule has 5 heteroatoms. The van der Waals surface area contributed by atoms with Gasteiger partial charge in [0.05, 0.1) is 5.52 Å². The van der Waals surface area contributed by atoms with Crippen LogP contribution in [0.1, 0.15) is 0 Å². The third-order valence-corrected chi connectivity index (χ3v) is 1.95. The van der Waals surface area contributed by atoms with Crippen molar-refractivity contribution in [3.63, 3.8) is 0 Å². The van der Waals surface area contributed by atoms with Crippen molar-refractivity contribution >= 4 is 16.8 Å². The molecule has 14 heavy (non-hydrogen) atoms. The van der Waals surface area contributed by atoms with E-state index in [4.69, 9.17) is 14.9 Å². The molecule has 0 aliphatic carbocycles. The molecule has 1 aromatic carbocycles. The summed E-state index contributed by atoms with van der Waals surface area (Å²) in [4.78, 5) is 11.3. The number of methoxy groups -OCH3 is 1. The van der Waals surface area contributed by atoms with Crippen LogP contribution in [0.5, 0.6) is 0 Å². The van der Waals surface area contributed by atoms with Gasteiger partial charge in [-0.3, -0.25) is 0 Å². The van der Waals surface area contributed by atoms with E-state index in [-0.39, 0.29) is 6.73 Å². The molecular formula is C9H10N2O3. The first-order chi connectivity index (χ1) is 6.72. The molecule has 2 aromatic rings. The average Bonchev–Trinajstić information content (AvgIpc) is 2.45. The highest BCUT2D eigenvalue weighted by molar-refractivity contribution is 5.76. The third-order valence-electron chi connectivity index (χ3n) is 1.95. The van der Waals surface area contributed by atoms with Gasteiger partial charge in [-0.15, -0.1) is 0 Å². The summed E-state index contributed by atoms with van der Waals surface area (Å²) in [5.41, 5.74) is 7.35. The standard InChI is InChI=1S/C9H10N2O3/c1-13-5-11-7-4-6(10)2-3-8(7)14-9(11)12/h2-4H,5,10H2,1H3. The number of oxazole rings is 1. The SMILES string of the molecule is COCn1c(=O)oc2ccc(N)cc21. The minimum Gasteiger partial charge on any atom is -0.408 e. The smallest absolute Gasteiger partial charge is 0.408 e. The van der Waals surface area contributed by atoms with Crippen LogP contribution in [0.2, 0.25) is 0 Å². The molecule has 0 atom stereocenters. The van der Waals surface area contributed by atoms with E-state index in [1.54, 1.807) is 18.2 Å². The summed E-state index contributed by atoms with van der Waals surface area (Å²) in [5.74, 6) is -0.438. The predicted octanol–water partition coefficient (Wildman–Crippen LogP) is 0.781. The zero-order valence-electron chi connectivity index (χ0n) is 7.69. The maximum Gasteiger partial charge on any atom is 0.421 e. The van der Waals surface area contributed by atoms with Crippen molar-refractivity contribution in [2.75, 3.05) is 12.8 Å². The highest BCUT2D eigenvalue weighted by atomic mass is 16.5. The van der Waals surface area contributed by atoms with Gasteiger partial charge in [-0.1, -0.05) is 0 Å². The van der Waals surface area contributed by atoms with Crippen LogP contribution in [0, 0.1) is 0 Å². The Balaban J connectivity index is 2.73. The van der Waals surface area contributed by atoms with E-state index in [0.29, 0.717) is 16.8 Å². The highest BCUT2D eigenvalue weighted by Gasteiger charge is 2.08. The Hall–Kier alpha value is -1.75. The number of hydrogen-bond acceptors (Lipinski definition) is 4. The number of nitrogens with zero attached hydrogens (tertiary/aromatic N) is 1. The Morgan fingerprint density at radius 3 is 3.07 bits per heavy atom. The van der Waals surface area contributed by atoms with Gasteiger partial charge in [0.2, 0.25) is 0 Å². The largest absolute Gasteiger partial charge is 0.421 e. The van der Waals surface area contributed by atoms with E-state index in [0.717, 1.165) is 0 Å². The van der Waals surface area contributed by atoms with Gasteiger partial charge in [0.1, 0.15) is 6.73 Å². The van der Waals surface area contributed by atoms with Crippen molar-refractivity contribution in [2.45, 2.75) is 6.73 Å². The Bertz CT molecular complexity index is 512. The molecule has 0 bridgehead atoms. The summed E-state index contributed by atoms with van der Waals surface area (Å²) in [6.07, 6.45) is 0. The number of nitrogens with two attached hydrogens (primary N) is 1. The summed E-state index contributed by atoms with van der Waals surface area (Å²) < 4.78 is 11.2. The van der Waals surface area contributed by atoms with Crippen molar-refractivity contribution in [1.29, 1.82) is 0 Å². The molecule has 2 N–H and O–H groups in total. The van der Waals surface area contributed by atoms with Crippen molar-refractivity contribution in [3.8, 4) is 0 Å². The molecule has 0 spiro atoms. The monoisotopic (exact) mass is 194 g/mol. The molecule has 0 aliphatic heterocycles. The summed E-state index contributed by atoms with van der Waals surface area (Å²) in [5, 5.41) is 0. The third kappa shape index (κ3) is 1.27. The fraction of sp³-hybridized carbons (Fsp3) is 0.222. The number of benzene rings is 1. The first-order valence-corrected chi connectivity index (χ1v) is 4.10. The lowest BCUT2D eigenvalue weighted by Gasteiger charge is -1.99. The molecule has 0 unspecified atom stereocenters. The second kappa shape index (κ2) is 3.19. The summed E-state index contributed by atoms with van der Waals surface area (Å²) >= 11 is 0. The van der Waals surface area contributed by atoms with Crippen LogP contribution in [0.15, 0.2) is 27.4 Å². The van der Waals surface area contributed by atoms with E-state index in [1.807, 2.05) is 0 Å². The van der Waals surface area contributed by atoms with Crippen LogP contribution in [-0.4, -0.2) is 11.7 Å². The van der Waals surface area contributed by atoms with Gasteiger partial charge in [0.15, 0.2) is 5.58 Å². The van der Waals surface area contributed by atoms with E-state index >= 15 is 0 Å². The van der Waals surface area contributed by atoms with Crippen molar-refractivity contribution < 1.29 is 9.15 Å². The normalized spacial score (nSPS) is 10.9. The number of nitrogen functional groups attached to an aromatic ring is 1. The quantitative estimate of drug-likeness (QED) is 0.717. The molecule has 2 rings (SSSR count). The van der Waals surface area contributed by atoms with Crippen LogP contribution in [0.4, 0.5) is 5.69 Å². The highest BCUT2D eigenvalue weighted by Crippen LogP contribution is 2.15. The fourth-order valence-electron chi connectivity index (χ4n) is 1.33. The lowest BCUT2D eigenvalue weighted by Crippen LogP contribution is -2.14. The first-order valence-electron chi connectivity index (χ1n) is 4.10. The predicted molar refractivity (Wildman–Crippen MR) is 51.9 cm³/mol. The molecule has 0 amide bonds. The maximum absolute atomic E-state index is 11.3. The molecule has 0 radical (unpaired) electrons. The summed E-state index contributed by atoms with van der Waals surface area (Å²) in [6.45, 7) is 0.162. The zero-order chi connectivity index (χ0) is 10.1. The summed E-state index contributed by atoms with van der Waals surface area (Å²) in [7, 11) is 1.51. The Kier molecular flexibility index (Phi) is 2.01. The Morgan fingerprint density at radius 2 is 2.36 bits per heavy atom. The second-order valence-electron chi connectivity index (χ2n) is 2.94. The number of rotatable bonds is 2. The Labute approximate surface area is 79.7 Å². The topological polar surface area (TPSA) is 70.4 Å². The molecule has 1 aromatic heterocycles. The van der Waals surface area contributed by atoms with Gasteiger partial charge in [-0.2, -0.15) is 0 Å². The lowest BCUT2D eigenvalue weighted by molar-refractivity contribution is 0.128. The molecule has 0 aliphatic rings. The minimum atomic E-state index is -0.438. The molecule has 0 saturated heterocycles. The number of aromatic nitrogens is 1. The molecule has 5 nitrogen and oxygen atoms in total. The van der Waals surface area contributed by atoms with Crippen molar-refractivity contribution in [2.24, 2.45) is 0 Å². The van der Waals surface area contributed by atoms with E-state index in [2.05, 4.69) is 0 Å². The van der Waals surface area contributed by atoms with Gasteiger partial charge >= 0.3 is 5.76 Å². The first kappa shape index (κ1) is 8.83. The average molecular weight is 194 g/mol. The van der Waals surface area contributed by atoms with Gasteiger partial charge in [-0.25, -0.2) is 9.36 Å². The van der Waals surface area contributed by atoms with E-state index < -0.39 is 5.76 Å². The molecule has 74 valence electrons. The lowest BCUT2D eigenvalue weighted by atomic mass is 10.3. The number of ether oxygens (including phenoxy) is 1. The van der Waals surface area contributed by atoms with Crippen LogP contribution in [-0.2, 0) is 11.5 Å². The maximum atomic E-state index is 11.3. The fourth-order valence-corrected chi connectivity index (χ4v) is 1.33. The molecule has 1 heterocycles. The van der Waals surface area contributed by atoms with E-state index in [9.17, 15) is 4.79 Å². The summed E-state index contributed by atoms with van der Waals surface area (Å²) in [6, 6.07) is 5.03. The zero-order valence-corrected chi connectivity index (χ0v) is 7.69. The van der Waals surface area contributed by atoms with Crippen molar-refractivity contribution in [1.82, 2.24) is 4.57 Å². The van der Waals surface area contributed by atoms with E-state index in [1.165, 1.54) is 11.7 Å². The van der Waals surface area contributed by atoms with Gasteiger partial charge in [0, 0.05) is 12.8 Å². The number of anilines is 1. The number of hydrogen-bond donors (Lipinski definition) is 1. The molecule has 0 fully saturated rings. The second-order valence-corrected chi connectivity index (χ2v) is 2.94. The minimum absolute atomic E-state index is 0.162. The van der Waals surface area contributed by atoms with Gasteiger partial charge in [0.25, 0.3) is 0 Å². The van der Waals surface area contributed by atoms with Crippen LogP contribution >= 0.6 is 0 Å². The van der Waals surface area contributed by atoms with Crippen molar-refractivity contribution in [3.05, 3.63) is 28.7 Å².